The molecule has 5 nitrogen and oxygen atoms in total. The molecule has 2 heterocycles. The topological polar surface area (TPSA) is 47.4 Å². The first-order chi connectivity index (χ1) is 8.77. The van der Waals surface area contributed by atoms with Gasteiger partial charge in [0.1, 0.15) is 0 Å². The van der Waals surface area contributed by atoms with Crippen molar-refractivity contribution in [2.45, 2.75) is 0 Å². The maximum Gasteiger partial charge on any atom is 0.275 e. The molecular weight excluding hydrogens is 230 g/mol. The van der Waals surface area contributed by atoms with Crippen LogP contribution in [0.4, 0.5) is 0 Å². The number of rotatable bonds is 1. The third-order valence-corrected chi connectivity index (χ3v) is 3.26. The summed E-state index contributed by atoms with van der Waals surface area (Å²) in [5, 5.41) is 5.26. The molecule has 0 saturated carbocycles. The lowest BCUT2D eigenvalue weighted by Crippen LogP contribution is -2.40. The van der Waals surface area contributed by atoms with E-state index in [1.165, 1.54) is 0 Å². The molecule has 1 fully saturated rings. The number of benzene rings is 1. The molecule has 0 radical (unpaired) electrons. The van der Waals surface area contributed by atoms with Crippen LogP contribution in [0.5, 0.6) is 0 Å². The summed E-state index contributed by atoms with van der Waals surface area (Å²) in [6, 6.07) is 7.79. The maximum atomic E-state index is 12.4. The Hall–Kier alpha value is -1.88. The lowest BCUT2D eigenvalue weighted by Gasteiger charge is -2.26. The summed E-state index contributed by atoms with van der Waals surface area (Å²) in [5.41, 5.74) is 1.52. The number of carbonyl (C=O) groups is 1. The van der Waals surface area contributed by atoms with Crippen molar-refractivity contribution < 1.29 is 9.53 Å². The third kappa shape index (κ3) is 1.76. The Morgan fingerprint density at radius 3 is 2.78 bits per heavy atom. The molecule has 1 aliphatic heterocycles. The molecular formula is C13H15N3O2. The fourth-order valence-corrected chi connectivity index (χ4v) is 2.29. The van der Waals surface area contributed by atoms with Crippen LogP contribution in [0.25, 0.3) is 10.9 Å². The number of hydrogen-bond donors (Lipinski definition) is 0. The van der Waals surface area contributed by atoms with Crippen LogP contribution in [0.2, 0.25) is 0 Å². The summed E-state index contributed by atoms with van der Waals surface area (Å²) in [6.07, 6.45) is 0. The minimum absolute atomic E-state index is 0.00454. The van der Waals surface area contributed by atoms with Crippen LogP contribution in [0.15, 0.2) is 24.3 Å². The highest BCUT2D eigenvalue weighted by Gasteiger charge is 2.23. The largest absolute Gasteiger partial charge is 0.378 e. The van der Waals surface area contributed by atoms with Gasteiger partial charge in [0.15, 0.2) is 5.69 Å². The lowest BCUT2D eigenvalue weighted by molar-refractivity contribution is 0.0300. The van der Waals surface area contributed by atoms with E-state index in [2.05, 4.69) is 5.10 Å². The molecule has 1 aliphatic rings. The molecule has 0 bridgehead atoms. The number of amides is 1. The quantitative estimate of drug-likeness (QED) is 0.754. The number of fused-ring (bicyclic) bond motifs is 1. The van der Waals surface area contributed by atoms with Gasteiger partial charge in [-0.3, -0.25) is 9.48 Å². The molecule has 2 aromatic rings. The second kappa shape index (κ2) is 4.42. The Kier molecular flexibility index (Phi) is 2.76. The first-order valence-electron chi connectivity index (χ1n) is 6.06. The Morgan fingerprint density at radius 1 is 1.28 bits per heavy atom. The van der Waals surface area contributed by atoms with Crippen molar-refractivity contribution in [1.82, 2.24) is 14.7 Å². The van der Waals surface area contributed by atoms with Crippen LogP contribution in [-0.4, -0.2) is 46.9 Å². The van der Waals surface area contributed by atoms with Gasteiger partial charge in [0.2, 0.25) is 0 Å². The van der Waals surface area contributed by atoms with Gasteiger partial charge in [0.25, 0.3) is 5.91 Å². The Bertz CT molecular complexity index is 585. The number of hydrogen-bond acceptors (Lipinski definition) is 3. The number of para-hydroxylation sites is 1. The predicted octanol–water partition coefficient (Wildman–Crippen LogP) is 1.05. The summed E-state index contributed by atoms with van der Waals surface area (Å²) >= 11 is 0. The van der Waals surface area contributed by atoms with E-state index in [1.54, 1.807) is 9.58 Å². The molecule has 0 atom stereocenters. The average Bonchev–Trinajstić information content (AvgIpc) is 2.77. The molecule has 1 aromatic carbocycles. The van der Waals surface area contributed by atoms with Crippen molar-refractivity contribution >= 4 is 16.8 Å². The molecule has 0 aliphatic carbocycles. The summed E-state index contributed by atoms with van der Waals surface area (Å²) < 4.78 is 7.01. The van der Waals surface area contributed by atoms with Gasteiger partial charge in [-0.05, 0) is 6.07 Å². The molecule has 3 rings (SSSR count). The normalized spacial score (nSPS) is 16.2. The zero-order valence-electron chi connectivity index (χ0n) is 10.3. The van der Waals surface area contributed by atoms with Crippen LogP contribution >= 0.6 is 0 Å². The third-order valence-electron chi connectivity index (χ3n) is 3.26. The smallest absolute Gasteiger partial charge is 0.275 e. The van der Waals surface area contributed by atoms with Crippen molar-refractivity contribution in [2.24, 2.45) is 7.05 Å². The highest BCUT2D eigenvalue weighted by atomic mass is 16.5. The number of aromatic nitrogens is 2. The van der Waals surface area contributed by atoms with Crippen molar-refractivity contribution in [3.8, 4) is 0 Å². The summed E-state index contributed by atoms with van der Waals surface area (Å²) in [5.74, 6) is -0.00454. The molecule has 0 N–H and O–H groups in total. The molecule has 18 heavy (non-hydrogen) atoms. The number of morpholine rings is 1. The number of ether oxygens (including phenoxy) is 1. The van der Waals surface area contributed by atoms with E-state index in [1.807, 2.05) is 31.3 Å². The fourth-order valence-electron chi connectivity index (χ4n) is 2.29. The molecule has 94 valence electrons. The predicted molar refractivity (Wildman–Crippen MR) is 67.4 cm³/mol. The number of aryl methyl sites for hydroxylation is 1. The van der Waals surface area contributed by atoms with Crippen LogP contribution in [0.3, 0.4) is 0 Å². The van der Waals surface area contributed by atoms with Crippen LogP contribution in [-0.2, 0) is 11.8 Å². The van der Waals surface area contributed by atoms with Crippen LogP contribution in [0, 0.1) is 0 Å². The van der Waals surface area contributed by atoms with Gasteiger partial charge in [-0.1, -0.05) is 18.2 Å². The van der Waals surface area contributed by atoms with E-state index >= 15 is 0 Å². The first kappa shape index (κ1) is 11.2. The van der Waals surface area contributed by atoms with Gasteiger partial charge in [-0.15, -0.1) is 0 Å². The van der Waals surface area contributed by atoms with Crippen LogP contribution in [0.1, 0.15) is 10.5 Å². The summed E-state index contributed by atoms with van der Waals surface area (Å²) in [7, 11) is 1.86. The zero-order valence-corrected chi connectivity index (χ0v) is 10.3. The van der Waals surface area contributed by atoms with E-state index in [4.69, 9.17) is 4.74 Å². The molecule has 0 unspecified atom stereocenters. The zero-order chi connectivity index (χ0) is 12.5. The maximum absolute atomic E-state index is 12.4. The molecule has 0 spiro atoms. The van der Waals surface area contributed by atoms with Crippen molar-refractivity contribution in [3.05, 3.63) is 30.0 Å². The van der Waals surface area contributed by atoms with Gasteiger partial charge in [-0.25, -0.2) is 0 Å². The van der Waals surface area contributed by atoms with Gasteiger partial charge >= 0.3 is 0 Å². The minimum Gasteiger partial charge on any atom is -0.378 e. The second-order valence-electron chi connectivity index (χ2n) is 4.39. The van der Waals surface area contributed by atoms with E-state index in [-0.39, 0.29) is 5.91 Å². The molecule has 5 heteroatoms. The second-order valence-corrected chi connectivity index (χ2v) is 4.39. The Labute approximate surface area is 105 Å². The van der Waals surface area contributed by atoms with Crippen molar-refractivity contribution in [2.75, 3.05) is 26.3 Å². The van der Waals surface area contributed by atoms with E-state index < -0.39 is 0 Å². The van der Waals surface area contributed by atoms with E-state index in [0.717, 1.165) is 10.9 Å². The van der Waals surface area contributed by atoms with Crippen molar-refractivity contribution in [1.29, 1.82) is 0 Å². The van der Waals surface area contributed by atoms with Gasteiger partial charge in [0, 0.05) is 25.5 Å². The Morgan fingerprint density at radius 2 is 2.00 bits per heavy atom. The highest BCUT2D eigenvalue weighted by Crippen LogP contribution is 2.19. The molecule has 1 saturated heterocycles. The monoisotopic (exact) mass is 245 g/mol. The number of carbonyl (C=O) groups excluding carboxylic acids is 1. The van der Waals surface area contributed by atoms with Crippen molar-refractivity contribution in [3.63, 3.8) is 0 Å². The highest BCUT2D eigenvalue weighted by molar-refractivity contribution is 6.04. The average molecular weight is 245 g/mol. The van der Waals surface area contributed by atoms with Gasteiger partial charge in [0.05, 0.1) is 18.7 Å². The Balaban J connectivity index is 2.00. The lowest BCUT2D eigenvalue weighted by atomic mass is 10.2. The minimum atomic E-state index is -0.00454. The summed E-state index contributed by atoms with van der Waals surface area (Å²) in [4.78, 5) is 14.2. The fraction of sp³-hybridized carbons (Fsp3) is 0.385. The van der Waals surface area contributed by atoms with E-state index in [9.17, 15) is 4.79 Å². The van der Waals surface area contributed by atoms with Gasteiger partial charge < -0.3 is 9.64 Å². The number of nitrogens with zero attached hydrogens (tertiary/aromatic N) is 3. The first-order valence-corrected chi connectivity index (χ1v) is 6.06. The van der Waals surface area contributed by atoms with Gasteiger partial charge in [-0.2, -0.15) is 5.10 Å². The summed E-state index contributed by atoms with van der Waals surface area (Å²) in [6.45, 7) is 2.50. The molecule has 1 aromatic heterocycles. The van der Waals surface area contributed by atoms with Crippen LogP contribution < -0.4 is 0 Å². The molecule has 1 amide bonds. The SMILES string of the molecule is Cn1nc(C(=O)N2CCOCC2)c2ccccc21. The standard InChI is InChI=1S/C13H15N3O2/c1-15-11-5-3-2-4-10(11)12(14-15)13(17)16-6-8-18-9-7-16/h2-5H,6-9H2,1H3. The van der Waals surface area contributed by atoms with E-state index in [0.29, 0.717) is 32.0 Å².